The summed E-state index contributed by atoms with van der Waals surface area (Å²) in [4.78, 5) is 12.3. The lowest BCUT2D eigenvalue weighted by Crippen LogP contribution is -2.37. The number of rotatable bonds is 3. The van der Waals surface area contributed by atoms with Crippen LogP contribution in [-0.2, 0) is 9.47 Å². The maximum Gasteiger partial charge on any atom is 0.339 e. The molecule has 26 heavy (non-hydrogen) atoms. The smallest absolute Gasteiger partial charge is 0.339 e. The molecule has 5 heteroatoms. The van der Waals surface area contributed by atoms with Gasteiger partial charge in [-0.1, -0.05) is 30.3 Å². The normalized spacial score (nSPS) is 24.0. The molecule has 3 atom stereocenters. The molecule has 136 valence electrons. The molecule has 0 radical (unpaired) electrons. The quantitative estimate of drug-likeness (QED) is 0.842. The highest BCUT2D eigenvalue weighted by Gasteiger charge is 2.42. The van der Waals surface area contributed by atoms with Crippen molar-refractivity contribution < 1.29 is 19.0 Å². The van der Waals surface area contributed by atoms with Crippen LogP contribution in [0.15, 0.2) is 42.5 Å². The minimum atomic E-state index is -0.345. The number of carbonyl (C=O) groups is 1. The van der Waals surface area contributed by atoms with Crippen LogP contribution in [0.2, 0.25) is 0 Å². The van der Waals surface area contributed by atoms with E-state index in [9.17, 15) is 4.79 Å². The first-order valence-electron chi connectivity index (χ1n) is 8.97. The highest BCUT2D eigenvalue weighted by molar-refractivity contribution is 5.97. The first kappa shape index (κ1) is 16.9. The fourth-order valence-corrected chi connectivity index (χ4v) is 4.21. The average molecular weight is 353 g/mol. The molecule has 0 bridgehead atoms. The lowest BCUT2D eigenvalue weighted by atomic mass is 9.76. The molecule has 0 aromatic heterocycles. The van der Waals surface area contributed by atoms with E-state index in [0.717, 1.165) is 42.0 Å². The second-order valence-corrected chi connectivity index (χ2v) is 6.72. The zero-order valence-electron chi connectivity index (χ0n) is 15.0. The van der Waals surface area contributed by atoms with Crippen LogP contribution in [-0.4, -0.2) is 26.8 Å². The molecule has 2 heterocycles. The summed E-state index contributed by atoms with van der Waals surface area (Å²) in [6.45, 7) is 0.738. The summed E-state index contributed by atoms with van der Waals surface area (Å²) in [6, 6.07) is 13.8. The molecule has 2 aromatic carbocycles. The molecule has 0 spiro atoms. The van der Waals surface area contributed by atoms with Gasteiger partial charge in [-0.25, -0.2) is 4.79 Å². The molecule has 0 amide bonds. The number of nitrogens with one attached hydrogen (secondary N) is 1. The summed E-state index contributed by atoms with van der Waals surface area (Å²) in [7, 11) is 3.09. The molecule has 1 saturated heterocycles. The predicted octanol–water partition coefficient (Wildman–Crippen LogP) is 4.12. The maximum absolute atomic E-state index is 12.3. The lowest BCUT2D eigenvalue weighted by Gasteiger charge is -2.44. The Morgan fingerprint density at radius 1 is 1.12 bits per heavy atom. The average Bonchev–Trinajstić information content (AvgIpc) is 2.72. The summed E-state index contributed by atoms with van der Waals surface area (Å²) in [5.41, 5.74) is 3.46. The van der Waals surface area contributed by atoms with Crippen molar-refractivity contribution in [2.45, 2.75) is 25.0 Å². The van der Waals surface area contributed by atoms with E-state index in [1.807, 2.05) is 30.3 Å². The van der Waals surface area contributed by atoms with Gasteiger partial charge in [0.1, 0.15) is 5.75 Å². The third-order valence-corrected chi connectivity index (χ3v) is 5.38. The van der Waals surface area contributed by atoms with E-state index in [1.54, 1.807) is 13.2 Å². The van der Waals surface area contributed by atoms with E-state index in [1.165, 1.54) is 7.11 Å². The van der Waals surface area contributed by atoms with Crippen molar-refractivity contribution >= 4 is 11.7 Å². The number of fused-ring (bicyclic) bond motifs is 3. The Balaban J connectivity index is 1.85. The Morgan fingerprint density at radius 3 is 2.73 bits per heavy atom. The van der Waals surface area contributed by atoms with Gasteiger partial charge in [-0.3, -0.25) is 0 Å². The number of hydrogen-bond donors (Lipinski definition) is 1. The Kier molecular flexibility index (Phi) is 4.55. The molecule has 1 N–H and O–H groups in total. The fourth-order valence-electron chi connectivity index (χ4n) is 4.21. The topological polar surface area (TPSA) is 56.8 Å². The summed E-state index contributed by atoms with van der Waals surface area (Å²) >= 11 is 0. The number of carbonyl (C=O) groups excluding carboxylic acids is 1. The van der Waals surface area contributed by atoms with Crippen molar-refractivity contribution in [3.63, 3.8) is 0 Å². The van der Waals surface area contributed by atoms with Crippen LogP contribution in [0.1, 0.15) is 46.5 Å². The Morgan fingerprint density at radius 2 is 1.92 bits per heavy atom. The Labute approximate surface area is 153 Å². The van der Waals surface area contributed by atoms with Crippen LogP contribution >= 0.6 is 0 Å². The van der Waals surface area contributed by atoms with Crippen molar-refractivity contribution in [2.75, 3.05) is 26.1 Å². The monoisotopic (exact) mass is 353 g/mol. The Hall–Kier alpha value is -2.53. The molecule has 0 aliphatic carbocycles. The van der Waals surface area contributed by atoms with Crippen molar-refractivity contribution in [2.24, 2.45) is 5.92 Å². The van der Waals surface area contributed by atoms with Crippen LogP contribution in [0.4, 0.5) is 5.69 Å². The van der Waals surface area contributed by atoms with Gasteiger partial charge in [-0.2, -0.15) is 0 Å². The van der Waals surface area contributed by atoms with E-state index >= 15 is 0 Å². The molecule has 5 nitrogen and oxygen atoms in total. The number of benzene rings is 2. The third kappa shape index (κ3) is 2.72. The van der Waals surface area contributed by atoms with E-state index in [4.69, 9.17) is 14.2 Å². The maximum atomic E-state index is 12.3. The molecule has 1 fully saturated rings. The van der Waals surface area contributed by atoms with Crippen LogP contribution in [0, 0.1) is 5.92 Å². The van der Waals surface area contributed by atoms with Gasteiger partial charge in [0.25, 0.3) is 0 Å². The van der Waals surface area contributed by atoms with E-state index < -0.39 is 0 Å². The predicted molar refractivity (Wildman–Crippen MR) is 98.6 cm³/mol. The van der Waals surface area contributed by atoms with E-state index in [2.05, 4.69) is 11.4 Å². The minimum absolute atomic E-state index is 0.00903. The van der Waals surface area contributed by atoms with Crippen LogP contribution in [0.25, 0.3) is 0 Å². The summed E-state index contributed by atoms with van der Waals surface area (Å²) in [5, 5.41) is 3.61. The number of hydrogen-bond acceptors (Lipinski definition) is 5. The summed E-state index contributed by atoms with van der Waals surface area (Å²) in [5.74, 6) is 0.774. The Bertz CT molecular complexity index is 819. The van der Waals surface area contributed by atoms with Crippen molar-refractivity contribution in [3.8, 4) is 5.75 Å². The molecule has 0 unspecified atom stereocenters. The number of methoxy groups -OCH3 is 2. The summed E-state index contributed by atoms with van der Waals surface area (Å²) < 4.78 is 16.7. The zero-order valence-corrected chi connectivity index (χ0v) is 15.0. The largest absolute Gasteiger partial charge is 0.496 e. The fraction of sp³-hybridized carbons (Fsp3) is 0.381. The SMILES string of the molecule is COC(=O)c1cccc2c1N[C@@H](c1ccccc1OC)[C@H]1CCCO[C@@H]21. The number of esters is 1. The molecule has 2 aromatic rings. The second kappa shape index (κ2) is 7.00. The minimum Gasteiger partial charge on any atom is -0.496 e. The van der Waals surface area contributed by atoms with Gasteiger partial charge >= 0.3 is 5.97 Å². The lowest BCUT2D eigenvalue weighted by molar-refractivity contribution is -0.0383. The number of ether oxygens (including phenoxy) is 3. The molecule has 2 aliphatic heterocycles. The van der Waals surface area contributed by atoms with Crippen LogP contribution in [0.3, 0.4) is 0 Å². The number of anilines is 1. The first-order valence-corrected chi connectivity index (χ1v) is 8.97. The molecule has 0 saturated carbocycles. The van der Waals surface area contributed by atoms with Crippen molar-refractivity contribution in [1.29, 1.82) is 0 Å². The van der Waals surface area contributed by atoms with Crippen LogP contribution < -0.4 is 10.1 Å². The van der Waals surface area contributed by atoms with Gasteiger partial charge in [-0.15, -0.1) is 0 Å². The summed E-state index contributed by atoms with van der Waals surface area (Å²) in [6.07, 6.45) is 2.04. The van der Waals surface area contributed by atoms with Gasteiger partial charge < -0.3 is 19.5 Å². The van der Waals surface area contributed by atoms with Gasteiger partial charge in [0.05, 0.1) is 37.6 Å². The zero-order chi connectivity index (χ0) is 18.1. The van der Waals surface area contributed by atoms with Crippen molar-refractivity contribution in [3.05, 3.63) is 59.2 Å². The highest BCUT2D eigenvalue weighted by atomic mass is 16.5. The van der Waals surface area contributed by atoms with Gasteiger partial charge in [0.15, 0.2) is 0 Å². The van der Waals surface area contributed by atoms with E-state index in [0.29, 0.717) is 5.56 Å². The van der Waals surface area contributed by atoms with Gasteiger partial charge in [-0.05, 0) is 25.0 Å². The second-order valence-electron chi connectivity index (χ2n) is 6.72. The number of para-hydroxylation sites is 2. The first-order chi connectivity index (χ1) is 12.7. The highest BCUT2D eigenvalue weighted by Crippen LogP contribution is 2.51. The van der Waals surface area contributed by atoms with Crippen LogP contribution in [0.5, 0.6) is 5.75 Å². The van der Waals surface area contributed by atoms with Gasteiger partial charge in [0, 0.05) is 23.7 Å². The van der Waals surface area contributed by atoms with Gasteiger partial charge in [0.2, 0.25) is 0 Å². The van der Waals surface area contributed by atoms with Crippen molar-refractivity contribution in [1.82, 2.24) is 0 Å². The molecule has 2 aliphatic rings. The van der Waals surface area contributed by atoms with E-state index in [-0.39, 0.29) is 24.0 Å². The molecular formula is C21H23NO4. The molecule has 4 rings (SSSR count). The molecular weight excluding hydrogens is 330 g/mol. The third-order valence-electron chi connectivity index (χ3n) is 5.38. The standard InChI is InChI=1S/C21H23NO4/c1-24-17-11-4-3-7-13(17)18-15-10-6-12-26-20(15)14-8-5-9-16(19(14)22-18)21(23)25-2/h3-5,7-9,11,15,18,20,22H,6,10,12H2,1-2H3/t15-,18+,20+/m1/s1.